The van der Waals surface area contributed by atoms with E-state index in [4.69, 9.17) is 0 Å². The van der Waals surface area contributed by atoms with E-state index < -0.39 is 13.0 Å². The van der Waals surface area contributed by atoms with Gasteiger partial charge in [-0.1, -0.05) is 11.3 Å². The molecule has 1 rings (SSSR count). The van der Waals surface area contributed by atoms with Gasteiger partial charge in [0.15, 0.2) is 6.61 Å². The molecule has 0 aliphatic carbocycles. The summed E-state index contributed by atoms with van der Waals surface area (Å²) in [5, 5.41) is 2.06. The molecule has 5 heteroatoms. The highest BCUT2D eigenvalue weighted by molar-refractivity contribution is 7.11. The number of hydrogen-bond acceptors (Lipinski definition) is 3. The highest BCUT2D eigenvalue weighted by atomic mass is 32.1. The van der Waals surface area contributed by atoms with Crippen molar-refractivity contribution in [3.63, 3.8) is 0 Å². The molecular weight excluding hydrogens is 172 g/mol. The summed E-state index contributed by atoms with van der Waals surface area (Å²) >= 11 is 1.22. The van der Waals surface area contributed by atoms with Crippen LogP contribution in [-0.4, -0.2) is 18.0 Å². The summed E-state index contributed by atoms with van der Waals surface area (Å²) in [6, 6.07) is 0. The molecule has 1 heterocycles. The summed E-state index contributed by atoms with van der Waals surface area (Å²) in [4.78, 5) is 3.85. The second kappa shape index (κ2) is 3.61. The Bertz CT molecular complexity index is 226. The van der Waals surface area contributed by atoms with Crippen LogP contribution in [0.3, 0.4) is 0 Å². The monoisotopic (exact) mass is 179 g/mol. The predicted molar refractivity (Wildman–Crippen MR) is 38.4 cm³/mol. The molecule has 0 unspecified atom stereocenters. The van der Waals surface area contributed by atoms with Crippen molar-refractivity contribution in [3.8, 4) is 5.19 Å². The number of rotatable bonds is 3. The predicted octanol–water partition coefficient (Wildman–Crippen LogP) is 2.10. The van der Waals surface area contributed by atoms with Crippen LogP contribution in [-0.2, 0) is 0 Å². The largest absolute Gasteiger partial charge is 0.464 e. The van der Waals surface area contributed by atoms with Gasteiger partial charge in [0.05, 0.1) is 5.69 Å². The zero-order valence-corrected chi connectivity index (χ0v) is 6.70. The van der Waals surface area contributed by atoms with Gasteiger partial charge < -0.3 is 4.74 Å². The number of aromatic nitrogens is 1. The van der Waals surface area contributed by atoms with Crippen molar-refractivity contribution >= 4 is 11.3 Å². The third-order valence-corrected chi connectivity index (χ3v) is 1.80. The highest BCUT2D eigenvalue weighted by Crippen LogP contribution is 2.17. The molecule has 0 spiro atoms. The van der Waals surface area contributed by atoms with Gasteiger partial charge in [-0.25, -0.2) is 13.8 Å². The number of aryl methyl sites for hydroxylation is 1. The van der Waals surface area contributed by atoms with Crippen molar-refractivity contribution in [2.24, 2.45) is 0 Å². The molecule has 0 fully saturated rings. The molecule has 0 saturated carbocycles. The second-order valence-electron chi connectivity index (χ2n) is 1.96. The van der Waals surface area contributed by atoms with E-state index in [0.29, 0.717) is 5.19 Å². The number of nitrogens with zero attached hydrogens (tertiary/aromatic N) is 1. The molecule has 62 valence electrons. The Morgan fingerprint density at radius 3 is 2.91 bits per heavy atom. The van der Waals surface area contributed by atoms with Gasteiger partial charge in [0.25, 0.3) is 11.6 Å². The van der Waals surface area contributed by atoms with Crippen LogP contribution in [0.2, 0.25) is 0 Å². The summed E-state index contributed by atoms with van der Waals surface area (Å²) in [6.45, 7) is 1.21. The Morgan fingerprint density at radius 2 is 2.45 bits per heavy atom. The van der Waals surface area contributed by atoms with Crippen LogP contribution in [0.4, 0.5) is 8.78 Å². The topological polar surface area (TPSA) is 22.1 Å². The summed E-state index contributed by atoms with van der Waals surface area (Å²) in [5.74, 6) is 0. The summed E-state index contributed by atoms with van der Waals surface area (Å²) in [5.41, 5.74) is 0.791. The smallest absolute Gasteiger partial charge is 0.273 e. The molecule has 0 atom stereocenters. The molecule has 0 N–H and O–H groups in total. The maximum Gasteiger partial charge on any atom is 0.273 e. The lowest BCUT2D eigenvalue weighted by molar-refractivity contribution is 0.0817. The molecule has 0 aliphatic heterocycles. The molecule has 0 bridgehead atoms. The SMILES string of the molecule is Cc1csc(OCC(F)F)n1. The van der Waals surface area contributed by atoms with E-state index in [0.717, 1.165) is 5.69 Å². The second-order valence-corrected chi connectivity index (χ2v) is 2.78. The van der Waals surface area contributed by atoms with Crippen molar-refractivity contribution in [1.82, 2.24) is 4.98 Å². The molecule has 1 aromatic rings. The average molecular weight is 179 g/mol. The van der Waals surface area contributed by atoms with Gasteiger partial charge in [-0.2, -0.15) is 0 Å². The molecule has 11 heavy (non-hydrogen) atoms. The van der Waals surface area contributed by atoms with Gasteiger partial charge in [-0.15, -0.1) is 0 Å². The third-order valence-electron chi connectivity index (χ3n) is 0.931. The standard InChI is InChI=1S/C6H7F2NOS/c1-4-3-11-6(9-4)10-2-5(7)8/h3,5H,2H2,1H3. The lowest BCUT2D eigenvalue weighted by Gasteiger charge is -1.98. The van der Waals surface area contributed by atoms with E-state index in [2.05, 4.69) is 9.72 Å². The summed E-state index contributed by atoms with van der Waals surface area (Å²) in [6.07, 6.45) is -2.43. The maximum atomic E-state index is 11.6. The minimum Gasteiger partial charge on any atom is -0.464 e. The summed E-state index contributed by atoms with van der Waals surface area (Å²) < 4.78 is 27.8. The number of thiazole rings is 1. The van der Waals surface area contributed by atoms with Crippen LogP contribution >= 0.6 is 11.3 Å². The first-order valence-corrected chi connectivity index (χ1v) is 3.89. The lowest BCUT2D eigenvalue weighted by Crippen LogP contribution is -2.06. The minimum absolute atomic E-state index is 0.308. The van der Waals surface area contributed by atoms with Crippen molar-refractivity contribution in [2.75, 3.05) is 6.61 Å². The van der Waals surface area contributed by atoms with Crippen LogP contribution in [0.5, 0.6) is 5.19 Å². The molecule has 1 aromatic heterocycles. The Labute approximate surface area is 66.8 Å². The zero-order valence-electron chi connectivity index (χ0n) is 5.88. The summed E-state index contributed by atoms with van der Waals surface area (Å²) in [7, 11) is 0. The fraction of sp³-hybridized carbons (Fsp3) is 0.500. The van der Waals surface area contributed by atoms with E-state index >= 15 is 0 Å². The first-order chi connectivity index (χ1) is 5.18. The van der Waals surface area contributed by atoms with E-state index in [1.807, 2.05) is 0 Å². The van der Waals surface area contributed by atoms with E-state index in [9.17, 15) is 8.78 Å². The van der Waals surface area contributed by atoms with Gasteiger partial charge in [-0.3, -0.25) is 0 Å². The number of halogens is 2. The molecule has 0 radical (unpaired) electrons. The normalized spacial score (nSPS) is 10.5. The molecule has 2 nitrogen and oxygen atoms in total. The molecule has 0 aliphatic rings. The Kier molecular flexibility index (Phi) is 2.76. The zero-order chi connectivity index (χ0) is 8.27. The van der Waals surface area contributed by atoms with Crippen LogP contribution in [0.25, 0.3) is 0 Å². The Balaban J connectivity index is 2.39. The van der Waals surface area contributed by atoms with E-state index in [-0.39, 0.29) is 0 Å². The highest BCUT2D eigenvalue weighted by Gasteiger charge is 2.05. The fourth-order valence-corrected chi connectivity index (χ4v) is 1.19. The van der Waals surface area contributed by atoms with Crippen LogP contribution in [0, 0.1) is 6.92 Å². The van der Waals surface area contributed by atoms with E-state index in [1.54, 1.807) is 12.3 Å². The number of hydrogen-bond donors (Lipinski definition) is 0. The van der Waals surface area contributed by atoms with Crippen LogP contribution in [0.1, 0.15) is 5.69 Å². The van der Waals surface area contributed by atoms with Crippen LogP contribution in [0.15, 0.2) is 5.38 Å². The number of alkyl halides is 2. The van der Waals surface area contributed by atoms with Gasteiger partial charge >= 0.3 is 0 Å². The van der Waals surface area contributed by atoms with E-state index in [1.165, 1.54) is 11.3 Å². The molecular formula is C6H7F2NOS. The van der Waals surface area contributed by atoms with Gasteiger partial charge in [-0.05, 0) is 6.92 Å². The van der Waals surface area contributed by atoms with Crippen molar-refractivity contribution < 1.29 is 13.5 Å². The minimum atomic E-state index is -2.43. The van der Waals surface area contributed by atoms with Crippen LogP contribution < -0.4 is 4.74 Å². The van der Waals surface area contributed by atoms with Crippen molar-refractivity contribution in [1.29, 1.82) is 0 Å². The Morgan fingerprint density at radius 1 is 1.73 bits per heavy atom. The van der Waals surface area contributed by atoms with Crippen molar-refractivity contribution in [2.45, 2.75) is 13.3 Å². The van der Waals surface area contributed by atoms with Gasteiger partial charge in [0, 0.05) is 5.38 Å². The molecule has 0 saturated heterocycles. The molecule has 0 amide bonds. The first-order valence-electron chi connectivity index (χ1n) is 3.01. The first kappa shape index (κ1) is 8.39. The maximum absolute atomic E-state index is 11.6. The van der Waals surface area contributed by atoms with Gasteiger partial charge in [0.1, 0.15) is 0 Å². The quantitative estimate of drug-likeness (QED) is 0.708. The fourth-order valence-electron chi connectivity index (χ4n) is 0.533. The molecule has 0 aromatic carbocycles. The number of ether oxygens (including phenoxy) is 1. The van der Waals surface area contributed by atoms with Crippen molar-refractivity contribution in [3.05, 3.63) is 11.1 Å². The average Bonchev–Trinajstić information content (AvgIpc) is 2.31. The van der Waals surface area contributed by atoms with Gasteiger partial charge in [0.2, 0.25) is 0 Å². The third kappa shape index (κ3) is 2.80. The lowest BCUT2D eigenvalue weighted by atomic mass is 10.6. The Hall–Kier alpha value is -0.710.